The molecule has 0 atom stereocenters. The van der Waals surface area contributed by atoms with E-state index in [2.05, 4.69) is 28.0 Å². The third-order valence-corrected chi connectivity index (χ3v) is 3.65. The Hall–Kier alpha value is -1.03. The minimum Gasteiger partial charge on any atom is -0.376 e. The van der Waals surface area contributed by atoms with Crippen molar-refractivity contribution in [3.8, 4) is 0 Å². The van der Waals surface area contributed by atoms with Crippen molar-refractivity contribution in [3.05, 3.63) is 11.9 Å². The zero-order valence-corrected chi connectivity index (χ0v) is 12.3. The van der Waals surface area contributed by atoms with Gasteiger partial charge in [-0.05, 0) is 26.2 Å². The summed E-state index contributed by atoms with van der Waals surface area (Å²) in [5.41, 5.74) is 1.07. The van der Waals surface area contributed by atoms with Crippen molar-refractivity contribution in [1.29, 1.82) is 0 Å². The van der Waals surface area contributed by atoms with Crippen LogP contribution in [0.1, 0.15) is 51.1 Å². The van der Waals surface area contributed by atoms with Crippen LogP contribution in [0, 0.1) is 6.92 Å². The summed E-state index contributed by atoms with van der Waals surface area (Å²) in [6.07, 6.45) is 10.2. The SMILES string of the molecule is CCCn1cc(C)nc1NCCOC1CCCCC1. The van der Waals surface area contributed by atoms with E-state index in [-0.39, 0.29) is 0 Å². The molecule has 1 heterocycles. The van der Waals surface area contributed by atoms with Crippen LogP contribution >= 0.6 is 0 Å². The molecule has 0 radical (unpaired) electrons. The number of hydrogen-bond donors (Lipinski definition) is 1. The molecule has 0 spiro atoms. The summed E-state index contributed by atoms with van der Waals surface area (Å²) in [4.78, 5) is 4.51. The molecule has 1 aromatic rings. The molecular weight excluding hydrogens is 238 g/mol. The fourth-order valence-electron chi connectivity index (χ4n) is 2.72. The Labute approximate surface area is 116 Å². The molecule has 0 aromatic carbocycles. The van der Waals surface area contributed by atoms with Gasteiger partial charge in [0, 0.05) is 19.3 Å². The zero-order valence-electron chi connectivity index (χ0n) is 12.3. The molecule has 4 heteroatoms. The number of aryl methyl sites for hydroxylation is 2. The van der Waals surface area contributed by atoms with Gasteiger partial charge in [0.05, 0.1) is 18.4 Å². The second kappa shape index (κ2) is 7.53. The number of ether oxygens (including phenoxy) is 1. The molecule has 0 amide bonds. The number of aromatic nitrogens is 2. The molecule has 2 rings (SSSR count). The summed E-state index contributed by atoms with van der Waals surface area (Å²) in [6.45, 7) is 6.87. The quantitative estimate of drug-likeness (QED) is 0.768. The summed E-state index contributed by atoms with van der Waals surface area (Å²) >= 11 is 0. The smallest absolute Gasteiger partial charge is 0.203 e. The van der Waals surface area contributed by atoms with E-state index in [0.717, 1.165) is 37.8 Å². The molecule has 1 saturated carbocycles. The first kappa shape index (κ1) is 14.4. The summed E-state index contributed by atoms with van der Waals surface area (Å²) < 4.78 is 8.10. The van der Waals surface area contributed by atoms with Gasteiger partial charge in [-0.25, -0.2) is 4.98 Å². The first-order chi connectivity index (χ1) is 9.29. The highest BCUT2D eigenvalue weighted by Crippen LogP contribution is 2.20. The van der Waals surface area contributed by atoms with E-state index >= 15 is 0 Å². The molecule has 19 heavy (non-hydrogen) atoms. The predicted octanol–water partition coefficient (Wildman–Crippen LogP) is 3.36. The van der Waals surface area contributed by atoms with Crippen LogP contribution in [0.25, 0.3) is 0 Å². The van der Waals surface area contributed by atoms with Crippen LogP contribution in [0.15, 0.2) is 6.20 Å². The number of nitrogens with zero attached hydrogens (tertiary/aromatic N) is 2. The van der Waals surface area contributed by atoms with Crippen molar-refractivity contribution in [1.82, 2.24) is 9.55 Å². The Morgan fingerprint density at radius 1 is 1.37 bits per heavy atom. The Morgan fingerprint density at radius 2 is 2.16 bits per heavy atom. The third-order valence-electron chi connectivity index (χ3n) is 3.65. The lowest BCUT2D eigenvalue weighted by molar-refractivity contribution is 0.0347. The lowest BCUT2D eigenvalue weighted by atomic mass is 9.98. The van der Waals surface area contributed by atoms with E-state index in [0.29, 0.717) is 6.10 Å². The predicted molar refractivity (Wildman–Crippen MR) is 78.6 cm³/mol. The van der Waals surface area contributed by atoms with E-state index in [1.54, 1.807) is 0 Å². The molecule has 108 valence electrons. The van der Waals surface area contributed by atoms with Crippen molar-refractivity contribution < 1.29 is 4.74 Å². The average Bonchev–Trinajstić information content (AvgIpc) is 2.77. The second-order valence-corrected chi connectivity index (χ2v) is 5.46. The maximum Gasteiger partial charge on any atom is 0.203 e. The van der Waals surface area contributed by atoms with Gasteiger partial charge >= 0.3 is 0 Å². The van der Waals surface area contributed by atoms with Gasteiger partial charge in [0.2, 0.25) is 5.95 Å². The normalized spacial score (nSPS) is 16.7. The Kier molecular flexibility index (Phi) is 5.70. The highest BCUT2D eigenvalue weighted by Gasteiger charge is 2.13. The van der Waals surface area contributed by atoms with Crippen molar-refractivity contribution in [3.63, 3.8) is 0 Å². The first-order valence-electron chi connectivity index (χ1n) is 7.69. The molecule has 1 aliphatic carbocycles. The number of imidazole rings is 1. The summed E-state index contributed by atoms with van der Waals surface area (Å²) in [7, 11) is 0. The van der Waals surface area contributed by atoms with Crippen molar-refractivity contribution in [2.45, 2.75) is 65.0 Å². The second-order valence-electron chi connectivity index (χ2n) is 5.46. The molecule has 0 saturated heterocycles. The van der Waals surface area contributed by atoms with Gasteiger partial charge < -0.3 is 14.6 Å². The zero-order chi connectivity index (χ0) is 13.5. The molecule has 0 aliphatic heterocycles. The molecule has 0 bridgehead atoms. The van der Waals surface area contributed by atoms with Gasteiger partial charge in [0.1, 0.15) is 0 Å². The van der Waals surface area contributed by atoms with Gasteiger partial charge in [-0.3, -0.25) is 0 Å². The van der Waals surface area contributed by atoms with Crippen LogP contribution in [-0.4, -0.2) is 28.8 Å². The highest BCUT2D eigenvalue weighted by molar-refractivity contribution is 5.28. The monoisotopic (exact) mass is 265 g/mol. The lowest BCUT2D eigenvalue weighted by Crippen LogP contribution is -2.21. The highest BCUT2D eigenvalue weighted by atomic mass is 16.5. The fourth-order valence-corrected chi connectivity index (χ4v) is 2.72. The van der Waals surface area contributed by atoms with Gasteiger partial charge in [-0.15, -0.1) is 0 Å². The lowest BCUT2D eigenvalue weighted by Gasteiger charge is -2.22. The van der Waals surface area contributed by atoms with E-state index < -0.39 is 0 Å². The van der Waals surface area contributed by atoms with Crippen molar-refractivity contribution in [2.24, 2.45) is 0 Å². The number of hydrogen-bond acceptors (Lipinski definition) is 3. The molecule has 1 N–H and O–H groups in total. The molecular formula is C15H27N3O. The van der Waals surface area contributed by atoms with Gasteiger partial charge in [0.25, 0.3) is 0 Å². The third kappa shape index (κ3) is 4.53. The van der Waals surface area contributed by atoms with E-state index in [9.17, 15) is 0 Å². The standard InChI is InChI=1S/C15H27N3O/c1-3-10-18-12-13(2)17-15(18)16-9-11-19-14-7-5-4-6-8-14/h12,14H,3-11H2,1-2H3,(H,16,17). The van der Waals surface area contributed by atoms with E-state index in [4.69, 9.17) is 4.74 Å². The van der Waals surface area contributed by atoms with Crippen molar-refractivity contribution in [2.75, 3.05) is 18.5 Å². The minimum atomic E-state index is 0.493. The maximum absolute atomic E-state index is 5.91. The van der Waals surface area contributed by atoms with Gasteiger partial charge in [0.15, 0.2) is 0 Å². The number of anilines is 1. The summed E-state index contributed by atoms with van der Waals surface area (Å²) in [6, 6.07) is 0. The van der Waals surface area contributed by atoms with E-state index in [1.807, 2.05) is 6.92 Å². The van der Waals surface area contributed by atoms with Crippen LogP contribution in [0.5, 0.6) is 0 Å². The summed E-state index contributed by atoms with van der Waals surface area (Å²) in [5, 5.41) is 3.39. The number of rotatable bonds is 7. The summed E-state index contributed by atoms with van der Waals surface area (Å²) in [5.74, 6) is 0.978. The maximum atomic E-state index is 5.91. The van der Waals surface area contributed by atoms with Gasteiger partial charge in [-0.1, -0.05) is 26.2 Å². The van der Waals surface area contributed by atoms with Crippen LogP contribution in [0.4, 0.5) is 5.95 Å². The van der Waals surface area contributed by atoms with Crippen LogP contribution < -0.4 is 5.32 Å². The molecule has 1 aromatic heterocycles. The Morgan fingerprint density at radius 3 is 2.89 bits per heavy atom. The minimum absolute atomic E-state index is 0.493. The molecule has 1 fully saturated rings. The molecule has 1 aliphatic rings. The largest absolute Gasteiger partial charge is 0.376 e. The number of nitrogens with one attached hydrogen (secondary N) is 1. The van der Waals surface area contributed by atoms with Crippen LogP contribution in [0.2, 0.25) is 0 Å². The average molecular weight is 265 g/mol. The van der Waals surface area contributed by atoms with Gasteiger partial charge in [-0.2, -0.15) is 0 Å². The molecule has 4 nitrogen and oxygen atoms in total. The Balaban J connectivity index is 1.69. The fraction of sp³-hybridized carbons (Fsp3) is 0.800. The van der Waals surface area contributed by atoms with E-state index in [1.165, 1.54) is 32.1 Å². The Bertz CT molecular complexity index is 369. The van der Waals surface area contributed by atoms with Crippen LogP contribution in [0.3, 0.4) is 0 Å². The van der Waals surface area contributed by atoms with Crippen molar-refractivity contribution >= 4 is 5.95 Å². The topological polar surface area (TPSA) is 39.1 Å². The molecule has 0 unspecified atom stereocenters. The first-order valence-corrected chi connectivity index (χ1v) is 7.69. The van der Waals surface area contributed by atoms with Crippen LogP contribution in [-0.2, 0) is 11.3 Å².